The minimum atomic E-state index is -0.710. The summed E-state index contributed by atoms with van der Waals surface area (Å²) in [4.78, 5) is 27.9. The number of hydrogen-bond donors (Lipinski definition) is 1. The number of carbonyl (C=O) groups is 2. The van der Waals surface area contributed by atoms with Crippen molar-refractivity contribution in [3.8, 4) is 5.75 Å². The van der Waals surface area contributed by atoms with Gasteiger partial charge in [-0.05, 0) is 44.9 Å². The molecular formula is C17H23N3O3. The van der Waals surface area contributed by atoms with Crippen molar-refractivity contribution >= 4 is 11.9 Å². The Bertz CT molecular complexity index is 588. The molecular weight excluding hydrogens is 294 g/mol. The summed E-state index contributed by atoms with van der Waals surface area (Å²) in [5, 5.41) is 2.86. The monoisotopic (exact) mass is 317 g/mol. The fourth-order valence-electron chi connectivity index (χ4n) is 2.93. The van der Waals surface area contributed by atoms with Crippen LogP contribution >= 0.6 is 0 Å². The molecule has 0 aromatic heterocycles. The van der Waals surface area contributed by atoms with Crippen LogP contribution in [0.4, 0.5) is 4.79 Å². The first-order valence-electron chi connectivity index (χ1n) is 8.01. The predicted molar refractivity (Wildman–Crippen MR) is 85.9 cm³/mol. The molecule has 6 nitrogen and oxygen atoms in total. The largest absolute Gasteiger partial charge is 0.492 e. The summed E-state index contributed by atoms with van der Waals surface area (Å²) in [5.41, 5.74) is -0.710. The standard InChI is InChI=1S/C17H23N3O3/c1-17(13-8-9-13)15(21)20(16(22)18-17)12-19(2)10-11-23-14-6-4-3-5-7-14/h3-7,13H,8-12H2,1-2H3,(H,18,22). The molecule has 1 atom stereocenters. The molecule has 1 aromatic carbocycles. The van der Waals surface area contributed by atoms with Crippen molar-refractivity contribution in [3.63, 3.8) is 0 Å². The topological polar surface area (TPSA) is 61.9 Å². The van der Waals surface area contributed by atoms with Gasteiger partial charge in [-0.3, -0.25) is 9.69 Å². The van der Waals surface area contributed by atoms with Crippen LogP contribution in [0, 0.1) is 5.92 Å². The highest BCUT2D eigenvalue weighted by molar-refractivity contribution is 6.07. The number of carbonyl (C=O) groups excluding carboxylic acids is 2. The third-order valence-corrected chi connectivity index (χ3v) is 4.56. The van der Waals surface area contributed by atoms with Gasteiger partial charge in [-0.2, -0.15) is 0 Å². The number of nitrogens with zero attached hydrogens (tertiary/aromatic N) is 2. The first kappa shape index (κ1) is 15.8. The molecule has 23 heavy (non-hydrogen) atoms. The van der Waals surface area contributed by atoms with Crippen molar-refractivity contribution in [3.05, 3.63) is 30.3 Å². The van der Waals surface area contributed by atoms with Crippen LogP contribution in [0.25, 0.3) is 0 Å². The molecule has 1 aliphatic carbocycles. The minimum absolute atomic E-state index is 0.110. The van der Waals surface area contributed by atoms with Gasteiger partial charge < -0.3 is 10.1 Å². The molecule has 1 saturated carbocycles. The number of imide groups is 1. The molecule has 1 unspecified atom stereocenters. The van der Waals surface area contributed by atoms with Gasteiger partial charge in [-0.25, -0.2) is 9.69 Å². The van der Waals surface area contributed by atoms with E-state index in [1.165, 1.54) is 4.90 Å². The Hall–Kier alpha value is -2.08. The molecule has 1 N–H and O–H groups in total. The lowest BCUT2D eigenvalue weighted by molar-refractivity contribution is -0.132. The van der Waals surface area contributed by atoms with Gasteiger partial charge in [-0.15, -0.1) is 0 Å². The summed E-state index contributed by atoms with van der Waals surface area (Å²) in [5.74, 6) is 0.994. The molecule has 3 amide bonds. The van der Waals surface area contributed by atoms with Crippen LogP contribution in [-0.4, -0.2) is 54.1 Å². The Balaban J connectivity index is 1.48. The zero-order valence-corrected chi connectivity index (χ0v) is 13.6. The lowest BCUT2D eigenvalue weighted by Crippen LogP contribution is -2.47. The van der Waals surface area contributed by atoms with Gasteiger partial charge in [0.15, 0.2) is 0 Å². The maximum absolute atomic E-state index is 12.5. The highest BCUT2D eigenvalue weighted by Crippen LogP contribution is 2.42. The van der Waals surface area contributed by atoms with E-state index in [0.29, 0.717) is 13.2 Å². The maximum atomic E-state index is 12.5. The highest BCUT2D eigenvalue weighted by Gasteiger charge is 2.55. The van der Waals surface area contributed by atoms with E-state index in [1.807, 2.05) is 49.2 Å². The summed E-state index contributed by atoms with van der Waals surface area (Å²) in [6, 6.07) is 9.29. The molecule has 1 heterocycles. The lowest BCUT2D eigenvalue weighted by Gasteiger charge is -2.24. The molecule has 2 fully saturated rings. The molecule has 124 valence electrons. The number of amides is 3. The SMILES string of the molecule is CN(CCOc1ccccc1)CN1C(=O)NC(C)(C2CC2)C1=O. The van der Waals surface area contributed by atoms with Gasteiger partial charge in [0.1, 0.15) is 17.9 Å². The number of ether oxygens (including phenoxy) is 1. The number of para-hydroxylation sites is 1. The van der Waals surface area contributed by atoms with E-state index in [0.717, 1.165) is 18.6 Å². The second-order valence-electron chi connectivity index (χ2n) is 6.52. The summed E-state index contributed by atoms with van der Waals surface area (Å²) in [6.45, 7) is 3.25. The zero-order chi connectivity index (χ0) is 16.4. The first-order chi connectivity index (χ1) is 11.0. The lowest BCUT2D eigenvalue weighted by atomic mass is 9.96. The van der Waals surface area contributed by atoms with E-state index in [4.69, 9.17) is 4.74 Å². The van der Waals surface area contributed by atoms with E-state index in [-0.39, 0.29) is 24.5 Å². The van der Waals surface area contributed by atoms with Gasteiger partial charge in [0.25, 0.3) is 5.91 Å². The molecule has 0 bridgehead atoms. The molecule has 0 radical (unpaired) electrons. The van der Waals surface area contributed by atoms with E-state index < -0.39 is 5.54 Å². The number of likely N-dealkylation sites (N-methyl/N-ethyl adjacent to an activating group) is 1. The normalized spacial score (nSPS) is 24.2. The summed E-state index contributed by atoms with van der Waals surface area (Å²) in [7, 11) is 1.88. The van der Waals surface area contributed by atoms with Crippen molar-refractivity contribution in [2.45, 2.75) is 25.3 Å². The van der Waals surface area contributed by atoms with Crippen LogP contribution in [0.15, 0.2) is 30.3 Å². The maximum Gasteiger partial charge on any atom is 0.326 e. The van der Waals surface area contributed by atoms with Crippen LogP contribution in [0.3, 0.4) is 0 Å². The average Bonchev–Trinajstić information content (AvgIpc) is 3.35. The quantitative estimate of drug-likeness (QED) is 0.777. The van der Waals surface area contributed by atoms with Gasteiger partial charge in [0.05, 0.1) is 6.67 Å². The average molecular weight is 317 g/mol. The van der Waals surface area contributed by atoms with Crippen LogP contribution < -0.4 is 10.1 Å². The van der Waals surface area contributed by atoms with Crippen LogP contribution in [0.1, 0.15) is 19.8 Å². The second-order valence-corrected chi connectivity index (χ2v) is 6.52. The van der Waals surface area contributed by atoms with Crippen LogP contribution in [0.2, 0.25) is 0 Å². The van der Waals surface area contributed by atoms with Crippen LogP contribution in [-0.2, 0) is 4.79 Å². The van der Waals surface area contributed by atoms with Crippen molar-refractivity contribution in [2.24, 2.45) is 5.92 Å². The summed E-state index contributed by atoms with van der Waals surface area (Å²) >= 11 is 0. The number of benzene rings is 1. The predicted octanol–water partition coefficient (Wildman–Crippen LogP) is 1.68. The van der Waals surface area contributed by atoms with E-state index >= 15 is 0 Å². The van der Waals surface area contributed by atoms with E-state index in [2.05, 4.69) is 5.32 Å². The molecule has 1 aromatic rings. The Morgan fingerprint density at radius 3 is 2.65 bits per heavy atom. The molecule has 0 spiro atoms. The first-order valence-corrected chi connectivity index (χ1v) is 8.01. The van der Waals surface area contributed by atoms with Crippen molar-refractivity contribution < 1.29 is 14.3 Å². The molecule has 6 heteroatoms. The molecule has 2 aliphatic rings. The Kier molecular flexibility index (Phi) is 4.26. The van der Waals surface area contributed by atoms with Gasteiger partial charge in [-0.1, -0.05) is 18.2 Å². The summed E-state index contributed by atoms with van der Waals surface area (Å²) < 4.78 is 5.64. The number of hydrogen-bond acceptors (Lipinski definition) is 4. The van der Waals surface area contributed by atoms with Crippen molar-refractivity contribution in [2.75, 3.05) is 26.9 Å². The number of rotatable bonds is 7. The van der Waals surface area contributed by atoms with Crippen LogP contribution in [0.5, 0.6) is 5.75 Å². The number of urea groups is 1. The zero-order valence-electron chi connectivity index (χ0n) is 13.6. The molecule has 1 aliphatic heterocycles. The smallest absolute Gasteiger partial charge is 0.326 e. The van der Waals surface area contributed by atoms with Gasteiger partial charge >= 0.3 is 6.03 Å². The third kappa shape index (κ3) is 3.32. The Morgan fingerprint density at radius 1 is 1.30 bits per heavy atom. The van der Waals surface area contributed by atoms with E-state index in [9.17, 15) is 9.59 Å². The Labute approximate surface area is 136 Å². The van der Waals surface area contributed by atoms with Crippen molar-refractivity contribution in [1.82, 2.24) is 15.1 Å². The second kappa shape index (κ2) is 6.20. The fourth-order valence-corrected chi connectivity index (χ4v) is 2.93. The Morgan fingerprint density at radius 2 is 2.00 bits per heavy atom. The van der Waals surface area contributed by atoms with Gasteiger partial charge in [0, 0.05) is 6.54 Å². The molecule has 3 rings (SSSR count). The third-order valence-electron chi connectivity index (χ3n) is 4.56. The fraction of sp³-hybridized carbons (Fsp3) is 0.529. The van der Waals surface area contributed by atoms with E-state index in [1.54, 1.807) is 0 Å². The minimum Gasteiger partial charge on any atom is -0.492 e. The number of nitrogens with one attached hydrogen (secondary N) is 1. The highest BCUT2D eigenvalue weighted by atomic mass is 16.5. The van der Waals surface area contributed by atoms with Crippen molar-refractivity contribution in [1.29, 1.82) is 0 Å². The summed E-state index contributed by atoms with van der Waals surface area (Å²) in [6.07, 6.45) is 2.02. The van der Waals surface area contributed by atoms with Gasteiger partial charge in [0.2, 0.25) is 0 Å². The molecule has 1 saturated heterocycles.